The largest absolute Gasteiger partial charge is 0.351 e. The van der Waals surface area contributed by atoms with Gasteiger partial charge in [-0.2, -0.15) is 0 Å². The molecule has 4 rings (SSSR count). The number of carbonyl (C=O) groups excluding carboxylic acids is 2. The molecule has 4 nitrogen and oxygen atoms in total. The van der Waals surface area contributed by atoms with Crippen molar-refractivity contribution in [2.24, 2.45) is 5.92 Å². The normalized spacial score (nSPS) is 22.3. The van der Waals surface area contributed by atoms with E-state index in [4.69, 9.17) is 0 Å². The van der Waals surface area contributed by atoms with Crippen molar-refractivity contribution < 1.29 is 9.59 Å². The van der Waals surface area contributed by atoms with Crippen molar-refractivity contribution in [1.29, 1.82) is 0 Å². The molecule has 0 aliphatic heterocycles. The zero-order valence-electron chi connectivity index (χ0n) is 15.0. The molecule has 134 valence electrons. The Hall–Kier alpha value is -2.62. The van der Waals surface area contributed by atoms with E-state index in [0.29, 0.717) is 18.4 Å². The van der Waals surface area contributed by atoms with Crippen molar-refractivity contribution in [2.75, 3.05) is 13.1 Å². The van der Waals surface area contributed by atoms with Gasteiger partial charge in [0.05, 0.1) is 6.54 Å². The van der Waals surface area contributed by atoms with E-state index in [1.165, 1.54) is 23.6 Å². The van der Waals surface area contributed by atoms with Crippen LogP contribution in [0, 0.1) is 5.92 Å². The van der Waals surface area contributed by atoms with Gasteiger partial charge in [0, 0.05) is 25.4 Å². The van der Waals surface area contributed by atoms with Crippen LogP contribution in [-0.4, -0.2) is 35.8 Å². The molecule has 2 amide bonds. The number of amides is 2. The summed E-state index contributed by atoms with van der Waals surface area (Å²) in [6.45, 7) is 2.23. The molecule has 0 saturated heterocycles. The maximum Gasteiger partial charge on any atom is 0.239 e. The minimum atomic E-state index is -0.0579. The highest BCUT2D eigenvalue weighted by molar-refractivity contribution is 5.84. The average Bonchev–Trinajstić information content (AvgIpc) is 3.15. The van der Waals surface area contributed by atoms with Gasteiger partial charge < -0.3 is 10.2 Å². The van der Waals surface area contributed by atoms with Gasteiger partial charge in [-0.05, 0) is 35.4 Å². The maximum atomic E-state index is 12.5. The van der Waals surface area contributed by atoms with Gasteiger partial charge in [-0.25, -0.2) is 0 Å². The minimum absolute atomic E-state index is 0.0508. The van der Waals surface area contributed by atoms with Gasteiger partial charge in [-0.1, -0.05) is 54.6 Å². The zero-order valence-corrected chi connectivity index (χ0v) is 15.0. The predicted octanol–water partition coefficient (Wildman–Crippen LogP) is 2.53. The first kappa shape index (κ1) is 16.8. The molecular weight excluding hydrogens is 324 g/mol. The molecular formula is C22H24N2O2. The molecule has 1 saturated carbocycles. The van der Waals surface area contributed by atoms with Gasteiger partial charge in [0.2, 0.25) is 11.8 Å². The van der Waals surface area contributed by atoms with Crippen molar-refractivity contribution in [2.45, 2.75) is 31.7 Å². The number of nitrogens with zero attached hydrogens (tertiary/aromatic N) is 1. The number of fused-ring (bicyclic) bond motifs is 3. The Labute approximate surface area is 154 Å². The van der Waals surface area contributed by atoms with Crippen LogP contribution in [0.2, 0.25) is 0 Å². The van der Waals surface area contributed by atoms with E-state index in [-0.39, 0.29) is 24.4 Å². The summed E-state index contributed by atoms with van der Waals surface area (Å²) in [6, 6.07) is 18.8. The topological polar surface area (TPSA) is 49.4 Å². The molecule has 4 heteroatoms. The fourth-order valence-electron chi connectivity index (χ4n) is 4.21. The molecule has 1 N–H and O–H groups in total. The highest BCUT2D eigenvalue weighted by Crippen LogP contribution is 2.56. The Bertz CT molecular complexity index is 818. The third kappa shape index (κ3) is 3.36. The fraction of sp³-hybridized carbons (Fsp3) is 0.364. The molecule has 0 aromatic heterocycles. The smallest absolute Gasteiger partial charge is 0.239 e. The molecule has 2 aliphatic rings. The molecule has 1 fully saturated rings. The monoisotopic (exact) mass is 348 g/mol. The van der Waals surface area contributed by atoms with Gasteiger partial charge >= 0.3 is 0 Å². The van der Waals surface area contributed by atoms with Crippen molar-refractivity contribution in [3.63, 3.8) is 0 Å². The zero-order chi connectivity index (χ0) is 18.1. The molecule has 0 heterocycles. The Morgan fingerprint density at radius 2 is 1.81 bits per heavy atom. The third-order valence-electron chi connectivity index (χ3n) is 5.66. The number of hydrogen-bond donors (Lipinski definition) is 1. The first-order valence-electron chi connectivity index (χ1n) is 9.30. The minimum Gasteiger partial charge on any atom is -0.351 e. The van der Waals surface area contributed by atoms with Gasteiger partial charge in [-0.15, -0.1) is 0 Å². The van der Waals surface area contributed by atoms with E-state index in [9.17, 15) is 9.59 Å². The Morgan fingerprint density at radius 3 is 2.58 bits per heavy atom. The Morgan fingerprint density at radius 1 is 1.08 bits per heavy atom. The molecule has 0 spiro atoms. The van der Waals surface area contributed by atoms with E-state index in [2.05, 4.69) is 29.6 Å². The van der Waals surface area contributed by atoms with E-state index in [1.807, 2.05) is 30.3 Å². The molecule has 0 radical (unpaired) electrons. The lowest BCUT2D eigenvalue weighted by molar-refractivity contribution is -0.134. The van der Waals surface area contributed by atoms with Gasteiger partial charge in [0.15, 0.2) is 0 Å². The number of nitrogens with one attached hydrogen (secondary N) is 1. The summed E-state index contributed by atoms with van der Waals surface area (Å²) in [5.74, 6) is 0.888. The van der Waals surface area contributed by atoms with E-state index >= 15 is 0 Å². The summed E-state index contributed by atoms with van der Waals surface area (Å²) in [5, 5.41) is 3.15. The van der Waals surface area contributed by atoms with Crippen LogP contribution < -0.4 is 5.32 Å². The van der Waals surface area contributed by atoms with Crippen molar-refractivity contribution >= 4 is 11.8 Å². The van der Waals surface area contributed by atoms with Crippen LogP contribution in [0.1, 0.15) is 29.5 Å². The lowest BCUT2D eigenvalue weighted by atomic mass is 10.1. The summed E-state index contributed by atoms with van der Waals surface area (Å²) < 4.78 is 0. The average molecular weight is 348 g/mol. The number of benzene rings is 2. The summed E-state index contributed by atoms with van der Waals surface area (Å²) in [5.41, 5.74) is 3.98. The first-order valence-corrected chi connectivity index (χ1v) is 9.30. The maximum absolute atomic E-state index is 12.5. The van der Waals surface area contributed by atoms with Crippen LogP contribution >= 0.6 is 0 Å². The Kier molecular flexibility index (Phi) is 4.49. The molecule has 0 bridgehead atoms. The highest BCUT2D eigenvalue weighted by atomic mass is 16.2. The van der Waals surface area contributed by atoms with E-state index < -0.39 is 0 Å². The SMILES string of the molecule is CC(=O)N(CCc1ccccc1)CC(=O)N[C@@H]1[C@H]2Cc3ccccc3[C@H]21. The lowest BCUT2D eigenvalue weighted by Gasteiger charge is -2.21. The van der Waals surface area contributed by atoms with Gasteiger partial charge in [0.25, 0.3) is 0 Å². The summed E-state index contributed by atoms with van der Waals surface area (Å²) >= 11 is 0. The molecule has 2 aromatic rings. The molecule has 2 aliphatic carbocycles. The van der Waals surface area contributed by atoms with Crippen LogP contribution in [-0.2, 0) is 22.4 Å². The predicted molar refractivity (Wildman–Crippen MR) is 101 cm³/mol. The van der Waals surface area contributed by atoms with Gasteiger partial charge in [0.1, 0.15) is 0 Å². The van der Waals surface area contributed by atoms with Crippen LogP contribution in [0.25, 0.3) is 0 Å². The second kappa shape index (κ2) is 6.94. The molecule has 26 heavy (non-hydrogen) atoms. The summed E-state index contributed by atoms with van der Waals surface area (Å²) in [7, 11) is 0. The van der Waals surface area contributed by atoms with Crippen molar-refractivity contribution in [1.82, 2.24) is 10.2 Å². The van der Waals surface area contributed by atoms with E-state index in [1.54, 1.807) is 4.90 Å². The molecule has 3 atom stereocenters. The second-order valence-corrected chi connectivity index (χ2v) is 7.36. The first-order chi connectivity index (χ1) is 12.6. The molecule has 0 unspecified atom stereocenters. The van der Waals surface area contributed by atoms with Crippen LogP contribution in [0.15, 0.2) is 54.6 Å². The third-order valence-corrected chi connectivity index (χ3v) is 5.66. The molecule has 2 aromatic carbocycles. The standard InChI is InChI=1S/C22H24N2O2/c1-15(25)24(12-11-16-7-3-2-4-8-16)14-20(26)23-22-19-13-17-9-5-6-10-18(17)21(19)22/h2-10,19,21-22H,11-14H2,1H3,(H,23,26)/t19-,21+,22+/m0/s1. The second-order valence-electron chi connectivity index (χ2n) is 7.36. The van der Waals surface area contributed by atoms with E-state index in [0.717, 1.165) is 12.8 Å². The van der Waals surface area contributed by atoms with Crippen LogP contribution in [0.5, 0.6) is 0 Å². The summed E-state index contributed by atoms with van der Waals surface area (Å²) in [4.78, 5) is 26.0. The van der Waals surface area contributed by atoms with Crippen LogP contribution in [0.3, 0.4) is 0 Å². The fourth-order valence-corrected chi connectivity index (χ4v) is 4.21. The Balaban J connectivity index is 1.30. The van der Waals surface area contributed by atoms with Crippen molar-refractivity contribution in [3.8, 4) is 0 Å². The van der Waals surface area contributed by atoms with Gasteiger partial charge in [-0.3, -0.25) is 9.59 Å². The number of rotatable bonds is 6. The number of carbonyl (C=O) groups is 2. The highest BCUT2D eigenvalue weighted by Gasteiger charge is 2.56. The van der Waals surface area contributed by atoms with Crippen LogP contribution in [0.4, 0.5) is 0 Å². The number of hydrogen-bond acceptors (Lipinski definition) is 2. The quantitative estimate of drug-likeness (QED) is 0.872. The van der Waals surface area contributed by atoms with Crippen molar-refractivity contribution in [3.05, 3.63) is 71.3 Å². The lowest BCUT2D eigenvalue weighted by Crippen LogP contribution is -2.42. The summed E-state index contributed by atoms with van der Waals surface area (Å²) in [6.07, 6.45) is 1.81.